The predicted octanol–water partition coefficient (Wildman–Crippen LogP) is 5.06. The number of aryl methyl sites for hydroxylation is 3. The largest absolute Gasteiger partial charge is 0.500 e. The van der Waals surface area contributed by atoms with Crippen molar-refractivity contribution in [3.63, 3.8) is 0 Å². The van der Waals surface area contributed by atoms with Crippen molar-refractivity contribution >= 4 is 27.3 Å². The summed E-state index contributed by atoms with van der Waals surface area (Å²) in [5.41, 5.74) is 5.37. The third-order valence-electron chi connectivity index (χ3n) is 5.16. The molecule has 0 spiro atoms. The first-order valence-corrected chi connectivity index (χ1v) is 9.87. The quantitative estimate of drug-likeness (QED) is 0.672. The highest BCUT2D eigenvalue weighted by Gasteiger charge is 2.35. The maximum Gasteiger partial charge on any atom is 0.167 e. The molecule has 2 aliphatic rings. The molecule has 3 nitrogen and oxygen atoms in total. The molecule has 1 aliphatic carbocycles. The molecule has 1 aromatic carbocycles. The first-order valence-electron chi connectivity index (χ1n) is 9.08. The zero-order valence-corrected chi connectivity index (χ0v) is 17.5. The Labute approximate surface area is 164 Å². The van der Waals surface area contributed by atoms with Crippen LogP contribution in [0.2, 0.25) is 0 Å². The van der Waals surface area contributed by atoms with Crippen molar-refractivity contribution in [2.45, 2.75) is 33.6 Å². The second-order valence-corrected chi connectivity index (χ2v) is 8.16. The lowest BCUT2D eigenvalue weighted by Gasteiger charge is -2.24. The Morgan fingerprint density at radius 1 is 1.23 bits per heavy atom. The molecular weight excluding hydrogens is 390 g/mol. The van der Waals surface area contributed by atoms with Crippen molar-refractivity contribution < 1.29 is 9.53 Å². The minimum absolute atomic E-state index is 0.153. The van der Waals surface area contributed by atoms with Crippen molar-refractivity contribution in [3.8, 4) is 0 Å². The number of Topliss-reactive ketones (excluding diaryl/α,β-unsaturated/α-hetero) is 1. The molecule has 1 aliphatic heterocycles. The molecule has 1 heterocycles. The maximum atomic E-state index is 12.9. The third kappa shape index (κ3) is 3.80. The molecule has 0 bridgehead atoms. The van der Waals surface area contributed by atoms with Crippen LogP contribution in [0.4, 0.5) is 0 Å². The Bertz CT molecular complexity index is 796. The summed E-state index contributed by atoms with van der Waals surface area (Å²) in [7, 11) is 1.69. The van der Waals surface area contributed by atoms with Crippen molar-refractivity contribution in [2.24, 2.45) is 5.92 Å². The number of carbonyl (C=O) groups is 1. The van der Waals surface area contributed by atoms with E-state index in [0.29, 0.717) is 6.42 Å². The number of hydrogen-bond donors (Lipinski definition) is 0. The van der Waals surface area contributed by atoms with E-state index in [1.807, 2.05) is 0 Å². The number of halogens is 1. The second-order valence-electron chi connectivity index (χ2n) is 7.24. The Hall–Kier alpha value is -1.81. The predicted molar refractivity (Wildman–Crippen MR) is 110 cm³/mol. The van der Waals surface area contributed by atoms with Gasteiger partial charge in [-0.2, -0.15) is 0 Å². The molecule has 0 aromatic heterocycles. The Morgan fingerprint density at radius 3 is 2.54 bits per heavy atom. The van der Waals surface area contributed by atoms with E-state index >= 15 is 0 Å². The van der Waals surface area contributed by atoms with E-state index in [1.165, 1.54) is 5.56 Å². The lowest BCUT2D eigenvalue weighted by atomic mass is 9.92. The topological polar surface area (TPSA) is 29.5 Å². The number of carbonyl (C=O) groups excluding carboxylic acids is 1. The fourth-order valence-electron chi connectivity index (χ4n) is 4.15. The summed E-state index contributed by atoms with van der Waals surface area (Å²) in [6.07, 6.45) is 7.77. The number of benzene rings is 1. The number of methoxy groups -OCH3 is 1. The van der Waals surface area contributed by atoms with Crippen LogP contribution in [0, 0.1) is 26.7 Å². The van der Waals surface area contributed by atoms with E-state index in [1.54, 1.807) is 7.11 Å². The van der Waals surface area contributed by atoms with E-state index in [4.69, 9.17) is 4.74 Å². The molecule has 4 heteroatoms. The summed E-state index contributed by atoms with van der Waals surface area (Å²) in [5, 5.41) is 0. The van der Waals surface area contributed by atoms with Gasteiger partial charge in [-0.15, -0.1) is 0 Å². The first-order chi connectivity index (χ1) is 12.4. The number of rotatable bonds is 5. The summed E-state index contributed by atoms with van der Waals surface area (Å²) >= 11 is 3.52. The van der Waals surface area contributed by atoms with Gasteiger partial charge in [0.15, 0.2) is 5.78 Å². The van der Waals surface area contributed by atoms with E-state index in [0.717, 1.165) is 52.0 Å². The molecule has 0 fully saturated rings. The van der Waals surface area contributed by atoms with Gasteiger partial charge >= 0.3 is 0 Å². The summed E-state index contributed by atoms with van der Waals surface area (Å²) in [6.45, 7) is 8.07. The van der Waals surface area contributed by atoms with E-state index in [2.05, 4.69) is 72.1 Å². The lowest BCUT2D eigenvalue weighted by Crippen LogP contribution is -2.23. The molecule has 1 aromatic rings. The van der Waals surface area contributed by atoms with Gasteiger partial charge in [0.1, 0.15) is 5.76 Å². The van der Waals surface area contributed by atoms with Crippen LogP contribution in [0.25, 0.3) is 5.57 Å². The number of hydrogen-bond acceptors (Lipinski definition) is 3. The fourth-order valence-corrected chi connectivity index (χ4v) is 4.62. The van der Waals surface area contributed by atoms with Crippen LogP contribution < -0.4 is 0 Å². The van der Waals surface area contributed by atoms with Crippen molar-refractivity contribution in [1.29, 1.82) is 0 Å². The van der Waals surface area contributed by atoms with Gasteiger partial charge in [0.05, 0.1) is 12.7 Å². The molecule has 1 atom stereocenters. The van der Waals surface area contributed by atoms with Gasteiger partial charge in [-0.05, 0) is 65.9 Å². The van der Waals surface area contributed by atoms with E-state index in [9.17, 15) is 4.79 Å². The summed E-state index contributed by atoms with van der Waals surface area (Å²) < 4.78 is 6.85. The fraction of sp³-hybridized carbons (Fsp3) is 0.409. The van der Waals surface area contributed by atoms with Crippen molar-refractivity contribution in [2.75, 3.05) is 20.2 Å². The molecule has 0 N–H and O–H groups in total. The van der Waals surface area contributed by atoms with Crippen LogP contribution in [0.5, 0.6) is 0 Å². The number of ketones is 1. The van der Waals surface area contributed by atoms with Gasteiger partial charge in [0.25, 0.3) is 0 Å². The van der Waals surface area contributed by atoms with Crippen LogP contribution in [0.15, 0.2) is 40.7 Å². The average molecular weight is 416 g/mol. The second kappa shape index (κ2) is 7.83. The van der Waals surface area contributed by atoms with E-state index < -0.39 is 0 Å². The maximum absolute atomic E-state index is 12.9. The van der Waals surface area contributed by atoms with Gasteiger partial charge in [0.2, 0.25) is 0 Å². The minimum Gasteiger partial charge on any atom is -0.500 e. The first kappa shape index (κ1) is 19.0. The zero-order chi connectivity index (χ0) is 18.8. The number of ether oxygens (including phenoxy) is 1. The smallest absolute Gasteiger partial charge is 0.167 e. The van der Waals surface area contributed by atoms with Crippen molar-refractivity contribution in [3.05, 3.63) is 63.0 Å². The molecule has 0 amide bonds. The molecule has 138 valence electrons. The van der Waals surface area contributed by atoms with Gasteiger partial charge in [-0.25, -0.2) is 0 Å². The van der Waals surface area contributed by atoms with Gasteiger partial charge < -0.3 is 9.64 Å². The van der Waals surface area contributed by atoms with Gasteiger partial charge in [0, 0.05) is 36.1 Å². The number of nitrogens with zero attached hydrogens (tertiary/aromatic N) is 1. The van der Waals surface area contributed by atoms with Crippen LogP contribution in [0.3, 0.4) is 0 Å². The molecule has 0 saturated heterocycles. The Balaban J connectivity index is 1.86. The van der Waals surface area contributed by atoms with E-state index in [-0.39, 0.29) is 11.7 Å². The third-order valence-corrected chi connectivity index (χ3v) is 5.63. The summed E-state index contributed by atoms with van der Waals surface area (Å²) in [5.74, 6) is 1.22. The van der Waals surface area contributed by atoms with Crippen LogP contribution in [0.1, 0.15) is 35.1 Å². The van der Waals surface area contributed by atoms with Crippen LogP contribution in [-0.4, -0.2) is 30.9 Å². The summed E-state index contributed by atoms with van der Waals surface area (Å²) in [6, 6.07) is 4.29. The molecular formula is C22H26BrNO2. The highest BCUT2D eigenvalue weighted by Crippen LogP contribution is 2.40. The van der Waals surface area contributed by atoms with Crippen LogP contribution in [-0.2, 0) is 9.53 Å². The Kier molecular flexibility index (Phi) is 5.71. The highest BCUT2D eigenvalue weighted by atomic mass is 79.9. The molecule has 1 unspecified atom stereocenters. The minimum atomic E-state index is 0.153. The highest BCUT2D eigenvalue weighted by molar-refractivity contribution is 9.11. The molecule has 0 saturated carbocycles. The molecule has 3 rings (SSSR count). The normalized spacial score (nSPS) is 20.0. The lowest BCUT2D eigenvalue weighted by molar-refractivity contribution is -0.113. The molecule has 0 radical (unpaired) electrons. The monoisotopic (exact) mass is 415 g/mol. The zero-order valence-electron chi connectivity index (χ0n) is 15.9. The Morgan fingerprint density at radius 2 is 1.92 bits per heavy atom. The van der Waals surface area contributed by atoms with Gasteiger partial charge in [-0.1, -0.05) is 23.8 Å². The SMILES string of the molecule is COC1=C(c2c(C)cc(C)cc2C)C(=O)CC1CCN1C=C(Br)C=CC1. The molecule has 26 heavy (non-hydrogen) atoms. The summed E-state index contributed by atoms with van der Waals surface area (Å²) in [4.78, 5) is 15.1. The number of allylic oxidation sites excluding steroid dienone is 4. The van der Waals surface area contributed by atoms with Crippen molar-refractivity contribution in [1.82, 2.24) is 4.90 Å². The van der Waals surface area contributed by atoms with Crippen LogP contribution >= 0.6 is 15.9 Å². The van der Waals surface area contributed by atoms with Gasteiger partial charge in [-0.3, -0.25) is 4.79 Å². The standard InChI is InChI=1S/C22H26BrNO2/c1-14-10-15(2)20(16(3)11-14)21-19(25)12-17(22(21)26-4)7-9-24-8-5-6-18(23)13-24/h5-6,10-11,13,17H,7-9,12H2,1-4H3. The average Bonchev–Trinajstić information content (AvgIpc) is 2.88.